The van der Waals surface area contributed by atoms with Crippen molar-refractivity contribution in [3.63, 3.8) is 0 Å². The Balaban J connectivity index is 2.39. The zero-order valence-electron chi connectivity index (χ0n) is 40.0. The first kappa shape index (κ1) is 51.2. The number of benzene rings is 2. The van der Waals surface area contributed by atoms with Crippen LogP contribution in [0.25, 0.3) is 0 Å². The van der Waals surface area contributed by atoms with Crippen molar-refractivity contribution in [2.24, 2.45) is 0 Å². The SMILES string of the molecule is CC(C)(C)[Si](C)(C)OC[C@H]1O/C(=C/P(=O)(OCc2ccccc2)OCc2ccccc2)[C@H](O[Si](C)(C)C(C)(C)C)[C@@H](O[Si](C)(C)C(C)(C)C)[C@H]1O[Si](C)(C)C(C)(C)C. The van der Waals surface area contributed by atoms with Crippen LogP contribution in [-0.4, -0.2) is 64.3 Å². The maximum atomic E-state index is 15.4. The molecule has 1 aliphatic rings. The molecule has 0 spiro atoms. The van der Waals surface area contributed by atoms with Crippen molar-refractivity contribution in [1.29, 1.82) is 0 Å². The van der Waals surface area contributed by atoms with Crippen molar-refractivity contribution in [1.82, 2.24) is 0 Å². The Labute approximate surface area is 358 Å². The molecule has 2 aromatic carbocycles. The van der Waals surface area contributed by atoms with Crippen LogP contribution in [0.3, 0.4) is 0 Å². The van der Waals surface area contributed by atoms with E-state index < -0.39 is 65.3 Å². The van der Waals surface area contributed by atoms with Gasteiger partial charge in [-0.1, -0.05) is 144 Å². The second kappa shape index (κ2) is 18.7. The molecule has 0 saturated carbocycles. The highest BCUT2D eigenvalue weighted by Gasteiger charge is 2.56. The first-order valence-corrected chi connectivity index (χ1v) is 34.4. The number of hydrogen-bond acceptors (Lipinski definition) is 8. The molecule has 58 heavy (non-hydrogen) atoms. The quantitative estimate of drug-likeness (QED) is 0.122. The predicted octanol–water partition coefficient (Wildman–Crippen LogP) is 14.0. The monoisotopic (exact) mass is 892 g/mol. The van der Waals surface area contributed by atoms with E-state index in [9.17, 15) is 0 Å². The standard InChI is InChI=1S/C45H81O8PSi4/c1-42(2,3)55(13,14)49-33-37-39(51-56(15,16)43(4,5)6)41(53-58(19,20)45(10,11)12)40(52-57(17,18)44(7,8)9)38(50-37)34-54(46,47-31-35-27-23-21-24-28-35)48-32-36-29-25-22-26-30-36/h21-30,34,37,39-41H,31-33H2,1-20H3/b38-34+/t37-,39+,40+,41+/m1/s1. The summed E-state index contributed by atoms with van der Waals surface area (Å²) in [6.07, 6.45) is -2.50. The summed E-state index contributed by atoms with van der Waals surface area (Å²) in [5, 5.41) is -0.418. The third kappa shape index (κ3) is 13.4. The van der Waals surface area contributed by atoms with Gasteiger partial charge in [0.25, 0.3) is 0 Å². The summed E-state index contributed by atoms with van der Waals surface area (Å²) in [6.45, 7) is 45.5. The van der Waals surface area contributed by atoms with Gasteiger partial charge in [0.15, 0.2) is 33.3 Å². The molecule has 2 aromatic rings. The van der Waals surface area contributed by atoms with Gasteiger partial charge in [-0.3, -0.25) is 4.57 Å². The Morgan fingerprint density at radius 3 is 1.29 bits per heavy atom. The van der Waals surface area contributed by atoms with E-state index in [2.05, 4.69) is 135 Å². The molecule has 0 aromatic heterocycles. The molecular weight excluding hydrogens is 812 g/mol. The maximum Gasteiger partial charge on any atom is 0.358 e. The minimum absolute atomic E-state index is 0.0343. The molecule has 0 bridgehead atoms. The Morgan fingerprint density at radius 1 is 0.552 bits per heavy atom. The Bertz CT molecular complexity index is 1640. The van der Waals surface area contributed by atoms with Gasteiger partial charge >= 0.3 is 7.60 Å². The van der Waals surface area contributed by atoms with Crippen LogP contribution < -0.4 is 0 Å². The van der Waals surface area contributed by atoms with Gasteiger partial charge in [0, 0.05) is 0 Å². The van der Waals surface area contributed by atoms with Crippen LogP contribution in [0, 0.1) is 0 Å². The predicted molar refractivity (Wildman–Crippen MR) is 252 cm³/mol. The molecule has 0 radical (unpaired) electrons. The van der Waals surface area contributed by atoms with E-state index >= 15 is 4.57 Å². The van der Waals surface area contributed by atoms with E-state index in [0.29, 0.717) is 5.76 Å². The molecule has 0 N–H and O–H groups in total. The average Bonchev–Trinajstić information content (AvgIpc) is 3.07. The summed E-state index contributed by atoms with van der Waals surface area (Å²) >= 11 is 0. The van der Waals surface area contributed by atoms with Crippen molar-refractivity contribution >= 4 is 40.9 Å². The highest BCUT2D eigenvalue weighted by Crippen LogP contribution is 2.55. The van der Waals surface area contributed by atoms with Crippen molar-refractivity contribution in [2.75, 3.05) is 6.61 Å². The summed E-state index contributed by atoms with van der Waals surface area (Å²) in [6, 6.07) is 19.5. The number of ether oxygens (including phenoxy) is 1. The van der Waals surface area contributed by atoms with E-state index in [1.54, 1.807) is 5.82 Å². The fourth-order valence-corrected chi connectivity index (χ4v) is 11.5. The van der Waals surface area contributed by atoms with Gasteiger partial charge < -0.3 is 31.5 Å². The molecule has 1 heterocycles. The van der Waals surface area contributed by atoms with E-state index in [1.807, 2.05) is 60.7 Å². The molecule has 8 nitrogen and oxygen atoms in total. The second-order valence-electron chi connectivity index (χ2n) is 22.3. The van der Waals surface area contributed by atoms with E-state index in [1.165, 1.54) is 0 Å². The van der Waals surface area contributed by atoms with Crippen molar-refractivity contribution < 1.29 is 36.1 Å². The Kier molecular flexibility index (Phi) is 16.5. The van der Waals surface area contributed by atoms with Gasteiger partial charge in [0.05, 0.1) is 25.6 Å². The fraction of sp³-hybridized carbons (Fsp3) is 0.689. The van der Waals surface area contributed by atoms with Gasteiger partial charge in [-0.2, -0.15) is 0 Å². The van der Waals surface area contributed by atoms with Crippen molar-refractivity contribution in [3.8, 4) is 0 Å². The number of hydrogen-bond donors (Lipinski definition) is 0. The third-order valence-corrected chi connectivity index (χ3v) is 32.9. The van der Waals surface area contributed by atoms with E-state index in [0.717, 1.165) is 11.1 Å². The van der Waals surface area contributed by atoms with Gasteiger partial charge in [0.1, 0.15) is 30.2 Å². The molecular formula is C45H81O8PSi4. The van der Waals surface area contributed by atoms with Crippen LogP contribution >= 0.6 is 7.60 Å². The summed E-state index contributed by atoms with van der Waals surface area (Å²) in [5.74, 6) is 1.97. The van der Waals surface area contributed by atoms with Gasteiger partial charge in [-0.05, 0) is 83.7 Å². The lowest BCUT2D eigenvalue weighted by Crippen LogP contribution is -2.65. The zero-order chi connectivity index (χ0) is 44.4. The minimum atomic E-state index is -4.02. The van der Waals surface area contributed by atoms with Gasteiger partial charge in [0.2, 0.25) is 0 Å². The van der Waals surface area contributed by atoms with Gasteiger partial charge in [-0.25, -0.2) is 0 Å². The molecule has 4 atom stereocenters. The van der Waals surface area contributed by atoms with E-state index in [-0.39, 0.29) is 40.0 Å². The maximum absolute atomic E-state index is 15.4. The average molecular weight is 893 g/mol. The Hall–Kier alpha value is -1.16. The van der Waals surface area contributed by atoms with Crippen LogP contribution in [0.15, 0.2) is 72.2 Å². The lowest BCUT2D eigenvalue weighted by Gasteiger charge is -2.53. The first-order chi connectivity index (χ1) is 26.1. The highest BCUT2D eigenvalue weighted by molar-refractivity contribution is 7.57. The molecule has 0 amide bonds. The molecule has 1 fully saturated rings. The van der Waals surface area contributed by atoms with Crippen LogP contribution in [0.5, 0.6) is 0 Å². The molecule has 0 aliphatic carbocycles. The summed E-state index contributed by atoms with van der Waals surface area (Å²) in [5.41, 5.74) is 1.76. The smallest absolute Gasteiger partial charge is 0.358 e. The van der Waals surface area contributed by atoms with Gasteiger partial charge in [-0.15, -0.1) is 0 Å². The lowest BCUT2D eigenvalue weighted by atomic mass is 9.99. The summed E-state index contributed by atoms with van der Waals surface area (Å²) in [7, 11) is -13.8. The molecule has 1 saturated heterocycles. The minimum Gasteiger partial charge on any atom is -0.486 e. The largest absolute Gasteiger partial charge is 0.486 e. The van der Waals surface area contributed by atoms with Crippen LogP contribution in [0.2, 0.25) is 72.5 Å². The molecule has 1 aliphatic heterocycles. The molecule has 3 rings (SSSR count). The zero-order valence-corrected chi connectivity index (χ0v) is 44.9. The molecule has 13 heteroatoms. The van der Waals surface area contributed by atoms with Crippen molar-refractivity contribution in [3.05, 3.63) is 83.4 Å². The molecule has 0 unspecified atom stereocenters. The Morgan fingerprint density at radius 2 is 0.914 bits per heavy atom. The lowest BCUT2D eigenvalue weighted by molar-refractivity contribution is -0.149. The van der Waals surface area contributed by atoms with Crippen LogP contribution in [0.1, 0.15) is 94.2 Å². The highest BCUT2D eigenvalue weighted by atomic mass is 31.2. The van der Waals surface area contributed by atoms with Crippen molar-refractivity contribution in [2.45, 2.75) is 193 Å². The topological polar surface area (TPSA) is 81.7 Å². The van der Waals surface area contributed by atoms with E-state index in [4.69, 9.17) is 31.5 Å². The molecule has 330 valence electrons. The fourth-order valence-electron chi connectivity index (χ4n) is 5.26. The normalized spacial score (nSPS) is 21.6. The first-order valence-electron chi connectivity index (χ1n) is 21.1. The van der Waals surface area contributed by atoms with Crippen LogP contribution in [0.4, 0.5) is 0 Å². The van der Waals surface area contributed by atoms with Crippen LogP contribution in [-0.2, 0) is 49.3 Å². The number of rotatable bonds is 16. The second-order valence-corrected chi connectivity index (χ2v) is 43.2. The third-order valence-electron chi connectivity index (χ3n) is 13.5. The summed E-state index contributed by atoms with van der Waals surface area (Å²) < 4.78 is 65.0. The summed E-state index contributed by atoms with van der Waals surface area (Å²) in [4.78, 5) is 0.